The largest absolute Gasteiger partial charge is 0.473 e. The number of hydrogen-bond donors (Lipinski definition) is 0. The van der Waals surface area contributed by atoms with Crippen molar-refractivity contribution in [1.29, 1.82) is 0 Å². The summed E-state index contributed by atoms with van der Waals surface area (Å²) in [5.41, 5.74) is 1.42. The number of carbonyl (C=O) groups excluding carboxylic acids is 2. The van der Waals surface area contributed by atoms with Crippen LogP contribution in [0.25, 0.3) is 10.2 Å². The fourth-order valence-corrected chi connectivity index (χ4v) is 4.29. The van der Waals surface area contributed by atoms with Crippen LogP contribution in [0.3, 0.4) is 0 Å². The first-order valence-electron chi connectivity index (χ1n) is 9.41. The predicted octanol–water partition coefficient (Wildman–Crippen LogP) is 3.54. The molecule has 0 saturated carbocycles. The first-order valence-corrected chi connectivity index (χ1v) is 10.2. The van der Waals surface area contributed by atoms with Crippen LogP contribution in [0.2, 0.25) is 0 Å². The molecule has 9 heteroatoms. The number of rotatable bonds is 4. The Balaban J connectivity index is 1.86. The third-order valence-corrected chi connectivity index (χ3v) is 5.86. The van der Waals surface area contributed by atoms with Crippen molar-refractivity contribution in [2.75, 3.05) is 39.3 Å². The van der Waals surface area contributed by atoms with Crippen molar-refractivity contribution in [3.63, 3.8) is 0 Å². The van der Waals surface area contributed by atoms with Gasteiger partial charge in [0.2, 0.25) is 0 Å². The van der Waals surface area contributed by atoms with Crippen molar-refractivity contribution in [2.45, 2.75) is 38.8 Å². The van der Waals surface area contributed by atoms with E-state index in [4.69, 9.17) is 14.2 Å². The second kappa shape index (κ2) is 8.06. The minimum Gasteiger partial charge on any atom is -0.473 e. The van der Waals surface area contributed by atoms with Crippen LogP contribution in [0.5, 0.6) is 5.19 Å². The molecule has 1 aromatic heterocycles. The summed E-state index contributed by atoms with van der Waals surface area (Å²) in [6.45, 7) is 7.02. The van der Waals surface area contributed by atoms with Crippen LogP contribution in [-0.2, 0) is 9.47 Å². The van der Waals surface area contributed by atoms with Gasteiger partial charge in [0.1, 0.15) is 11.1 Å². The van der Waals surface area contributed by atoms with Crippen molar-refractivity contribution in [3.8, 4) is 5.19 Å². The Morgan fingerprint density at radius 3 is 2.62 bits per heavy atom. The van der Waals surface area contributed by atoms with Crippen LogP contribution >= 0.6 is 11.3 Å². The molecule has 1 saturated heterocycles. The minimum absolute atomic E-state index is 0.0370. The molecule has 29 heavy (non-hydrogen) atoms. The second-order valence-corrected chi connectivity index (χ2v) is 8.93. The molecule has 1 amide bonds. The zero-order chi connectivity index (χ0) is 21.3. The smallest absolute Gasteiger partial charge is 0.410 e. The van der Waals surface area contributed by atoms with Gasteiger partial charge in [-0.2, -0.15) is 0 Å². The SMILES string of the molecule is COC(=O)c1ccc(N2CC[C@@H](N(C)C(=O)OC(C)(C)C)C2)c2sc(OC)nc12. The van der Waals surface area contributed by atoms with Gasteiger partial charge in [0.05, 0.1) is 36.2 Å². The topological polar surface area (TPSA) is 81.2 Å². The van der Waals surface area contributed by atoms with Gasteiger partial charge in [-0.15, -0.1) is 0 Å². The maximum absolute atomic E-state index is 12.4. The lowest BCUT2D eigenvalue weighted by molar-refractivity contribution is 0.0237. The Morgan fingerprint density at radius 1 is 1.28 bits per heavy atom. The molecule has 1 aliphatic rings. The third-order valence-electron chi connectivity index (χ3n) is 4.82. The Morgan fingerprint density at radius 2 is 2.00 bits per heavy atom. The molecule has 0 radical (unpaired) electrons. The molecule has 0 spiro atoms. The number of carbonyl (C=O) groups is 2. The van der Waals surface area contributed by atoms with Crippen molar-refractivity contribution in [1.82, 2.24) is 9.88 Å². The fourth-order valence-electron chi connectivity index (χ4n) is 3.34. The molecule has 0 aliphatic carbocycles. The van der Waals surface area contributed by atoms with Gasteiger partial charge in [0.15, 0.2) is 0 Å². The van der Waals surface area contributed by atoms with E-state index in [0.29, 0.717) is 22.8 Å². The van der Waals surface area contributed by atoms with Gasteiger partial charge >= 0.3 is 12.1 Å². The van der Waals surface area contributed by atoms with Crippen LogP contribution in [0, 0.1) is 0 Å². The average molecular weight is 422 g/mol. The highest BCUT2D eigenvalue weighted by Gasteiger charge is 2.32. The number of esters is 1. The molecule has 0 N–H and O–H groups in total. The predicted molar refractivity (Wildman–Crippen MR) is 112 cm³/mol. The summed E-state index contributed by atoms with van der Waals surface area (Å²) < 4.78 is 16.5. The van der Waals surface area contributed by atoms with Crippen LogP contribution < -0.4 is 9.64 Å². The first-order chi connectivity index (χ1) is 13.6. The Kier molecular flexibility index (Phi) is 5.88. The highest BCUT2D eigenvalue weighted by Crippen LogP contribution is 2.39. The summed E-state index contributed by atoms with van der Waals surface area (Å²) in [7, 11) is 4.67. The highest BCUT2D eigenvalue weighted by molar-refractivity contribution is 7.20. The van der Waals surface area contributed by atoms with Gasteiger partial charge in [-0.05, 0) is 39.3 Å². The third kappa shape index (κ3) is 4.39. The average Bonchev–Trinajstić information content (AvgIpc) is 3.31. The lowest BCUT2D eigenvalue weighted by Gasteiger charge is -2.29. The molecule has 158 valence electrons. The lowest BCUT2D eigenvalue weighted by atomic mass is 10.1. The van der Waals surface area contributed by atoms with Crippen LogP contribution in [0.1, 0.15) is 37.6 Å². The molecular weight excluding hydrogens is 394 g/mol. The van der Waals surface area contributed by atoms with E-state index >= 15 is 0 Å². The van der Waals surface area contributed by atoms with Crippen molar-refractivity contribution < 1.29 is 23.8 Å². The number of fused-ring (bicyclic) bond motifs is 1. The van der Waals surface area contributed by atoms with E-state index in [1.165, 1.54) is 18.4 Å². The van der Waals surface area contributed by atoms with E-state index in [1.807, 2.05) is 26.8 Å². The van der Waals surface area contributed by atoms with Gasteiger partial charge in [0, 0.05) is 20.1 Å². The molecule has 2 heterocycles. The van der Waals surface area contributed by atoms with Crippen molar-refractivity contribution >= 4 is 39.3 Å². The molecule has 2 aromatic rings. The molecule has 1 aliphatic heterocycles. The van der Waals surface area contributed by atoms with Crippen LogP contribution in [0.4, 0.5) is 10.5 Å². The van der Waals surface area contributed by atoms with Crippen molar-refractivity contribution in [3.05, 3.63) is 17.7 Å². The molecule has 0 unspecified atom stereocenters. The molecule has 8 nitrogen and oxygen atoms in total. The molecule has 1 atom stereocenters. The number of benzene rings is 1. The number of hydrogen-bond acceptors (Lipinski definition) is 8. The first kappa shape index (κ1) is 21.2. The summed E-state index contributed by atoms with van der Waals surface area (Å²) in [6.07, 6.45) is 0.501. The minimum atomic E-state index is -0.529. The van der Waals surface area contributed by atoms with Gasteiger partial charge in [-0.3, -0.25) is 0 Å². The van der Waals surface area contributed by atoms with E-state index < -0.39 is 11.6 Å². The highest BCUT2D eigenvalue weighted by atomic mass is 32.1. The van der Waals surface area contributed by atoms with Crippen molar-refractivity contribution in [2.24, 2.45) is 0 Å². The maximum Gasteiger partial charge on any atom is 0.410 e. The quantitative estimate of drug-likeness (QED) is 0.699. The molecule has 3 rings (SSSR count). The van der Waals surface area contributed by atoms with Crippen LogP contribution in [-0.4, -0.2) is 67.9 Å². The van der Waals surface area contributed by atoms with Gasteiger partial charge in [-0.25, -0.2) is 14.6 Å². The van der Waals surface area contributed by atoms with Gasteiger partial charge in [-0.1, -0.05) is 11.3 Å². The van der Waals surface area contributed by atoms with E-state index in [9.17, 15) is 9.59 Å². The monoisotopic (exact) mass is 421 g/mol. The maximum atomic E-state index is 12.4. The van der Waals surface area contributed by atoms with Gasteiger partial charge in [0.25, 0.3) is 5.19 Å². The van der Waals surface area contributed by atoms with Crippen LogP contribution in [0.15, 0.2) is 12.1 Å². The standard InChI is InChI=1S/C20H27N3O5S/c1-20(2,3)28-19(25)22(4)12-9-10-23(11-12)14-8-7-13(17(24)26-5)15-16(14)29-18(21-15)27-6/h7-8,12H,9-11H2,1-6H3/t12-/m1/s1. The summed E-state index contributed by atoms with van der Waals surface area (Å²) in [6, 6.07) is 3.67. The second-order valence-electron chi connectivity index (χ2n) is 7.97. The summed E-state index contributed by atoms with van der Waals surface area (Å²) in [5, 5.41) is 0.485. The number of nitrogens with zero attached hydrogens (tertiary/aromatic N) is 3. The molecular formula is C20H27N3O5S. The zero-order valence-corrected chi connectivity index (χ0v) is 18.5. The number of anilines is 1. The number of thiazole rings is 1. The number of amides is 1. The number of likely N-dealkylation sites (N-methyl/N-ethyl adjacent to an activating group) is 1. The fraction of sp³-hybridized carbons (Fsp3) is 0.550. The summed E-state index contributed by atoms with van der Waals surface area (Å²) in [5.74, 6) is -0.432. The normalized spacial score (nSPS) is 16.8. The number of methoxy groups -OCH3 is 2. The van der Waals surface area contributed by atoms with E-state index in [0.717, 1.165) is 23.4 Å². The number of aromatic nitrogens is 1. The Bertz CT molecular complexity index is 921. The Hall–Kier alpha value is -2.55. The van der Waals surface area contributed by atoms with E-state index in [-0.39, 0.29) is 12.1 Å². The zero-order valence-electron chi connectivity index (χ0n) is 17.6. The lowest BCUT2D eigenvalue weighted by Crippen LogP contribution is -2.42. The molecule has 1 fully saturated rings. The van der Waals surface area contributed by atoms with E-state index in [1.54, 1.807) is 25.1 Å². The summed E-state index contributed by atoms with van der Waals surface area (Å²) in [4.78, 5) is 32.8. The summed E-state index contributed by atoms with van der Waals surface area (Å²) >= 11 is 1.39. The number of ether oxygens (including phenoxy) is 3. The molecule has 1 aromatic carbocycles. The molecule has 0 bridgehead atoms. The van der Waals surface area contributed by atoms with E-state index in [2.05, 4.69) is 9.88 Å². The van der Waals surface area contributed by atoms with Gasteiger partial charge < -0.3 is 24.0 Å². The Labute approximate surface area is 174 Å².